The first kappa shape index (κ1) is 21.0. The number of nitrogens with zero attached hydrogens (tertiary/aromatic N) is 2. The molecule has 1 N–H and O–H groups in total. The molecule has 0 aliphatic carbocycles. The standard InChI is InChI=1S/C24H21N3O2S/c1-4-13-29-21-11-7-18(8-12-21)14-20(15-25)23-27-22(24(30-23)26-17(3)28)19-9-5-16(2)6-10-19/h4-12,14H,1,13H2,2-3H3,(H,26,28)/b20-14+. The van der Waals surface area contributed by atoms with E-state index in [1.54, 1.807) is 12.2 Å². The smallest absolute Gasteiger partial charge is 0.221 e. The van der Waals surface area contributed by atoms with Gasteiger partial charge in [0.15, 0.2) is 0 Å². The zero-order chi connectivity index (χ0) is 21.5. The fraction of sp³-hybridized carbons (Fsp3) is 0.125. The molecule has 2 aromatic carbocycles. The average Bonchev–Trinajstić information content (AvgIpc) is 3.14. The van der Waals surface area contributed by atoms with Crippen molar-refractivity contribution in [1.82, 2.24) is 4.98 Å². The van der Waals surface area contributed by atoms with Crippen LogP contribution in [0.4, 0.5) is 5.00 Å². The van der Waals surface area contributed by atoms with Crippen molar-refractivity contribution in [1.29, 1.82) is 5.26 Å². The number of ether oxygens (including phenoxy) is 1. The van der Waals surface area contributed by atoms with Crippen molar-refractivity contribution in [3.63, 3.8) is 0 Å². The number of nitrogens with one attached hydrogen (secondary N) is 1. The van der Waals surface area contributed by atoms with Crippen LogP contribution in [0, 0.1) is 18.3 Å². The van der Waals surface area contributed by atoms with Gasteiger partial charge in [-0.2, -0.15) is 5.26 Å². The molecule has 0 aliphatic rings. The molecule has 0 radical (unpaired) electrons. The second-order valence-corrected chi connectivity index (χ2v) is 7.58. The highest BCUT2D eigenvalue weighted by atomic mass is 32.1. The van der Waals surface area contributed by atoms with Crippen molar-refractivity contribution in [2.24, 2.45) is 0 Å². The van der Waals surface area contributed by atoms with E-state index in [9.17, 15) is 10.1 Å². The molecular formula is C24H21N3O2S. The summed E-state index contributed by atoms with van der Waals surface area (Å²) in [4.78, 5) is 16.3. The number of amides is 1. The summed E-state index contributed by atoms with van der Waals surface area (Å²) in [5.41, 5.74) is 3.94. The summed E-state index contributed by atoms with van der Waals surface area (Å²) < 4.78 is 5.49. The molecule has 150 valence electrons. The van der Waals surface area contributed by atoms with Crippen molar-refractivity contribution in [2.75, 3.05) is 11.9 Å². The third kappa shape index (κ3) is 5.22. The van der Waals surface area contributed by atoms with Crippen molar-refractivity contribution >= 4 is 33.9 Å². The molecule has 3 aromatic rings. The second kappa shape index (κ2) is 9.68. The lowest BCUT2D eigenvalue weighted by Gasteiger charge is -2.03. The van der Waals surface area contributed by atoms with Gasteiger partial charge in [-0.25, -0.2) is 4.98 Å². The van der Waals surface area contributed by atoms with Gasteiger partial charge < -0.3 is 10.1 Å². The van der Waals surface area contributed by atoms with Crippen molar-refractivity contribution in [2.45, 2.75) is 13.8 Å². The lowest BCUT2D eigenvalue weighted by Crippen LogP contribution is -2.05. The van der Waals surface area contributed by atoms with Gasteiger partial charge in [-0.05, 0) is 30.7 Å². The molecule has 0 fully saturated rings. The monoisotopic (exact) mass is 415 g/mol. The van der Waals surface area contributed by atoms with Crippen LogP contribution in [0.25, 0.3) is 22.9 Å². The minimum Gasteiger partial charge on any atom is -0.490 e. The van der Waals surface area contributed by atoms with E-state index in [0.717, 1.165) is 22.4 Å². The Labute approximate surface area is 180 Å². The van der Waals surface area contributed by atoms with Crippen LogP contribution in [0.5, 0.6) is 5.75 Å². The van der Waals surface area contributed by atoms with E-state index in [-0.39, 0.29) is 5.91 Å². The molecule has 30 heavy (non-hydrogen) atoms. The Bertz CT molecular complexity index is 1120. The molecule has 1 heterocycles. The van der Waals surface area contributed by atoms with Gasteiger partial charge in [0.25, 0.3) is 0 Å². The summed E-state index contributed by atoms with van der Waals surface area (Å²) in [6, 6.07) is 17.5. The summed E-state index contributed by atoms with van der Waals surface area (Å²) in [5, 5.41) is 13.7. The number of anilines is 1. The first-order chi connectivity index (χ1) is 14.5. The summed E-state index contributed by atoms with van der Waals surface area (Å²) in [7, 11) is 0. The molecule has 0 aliphatic heterocycles. The topological polar surface area (TPSA) is 75.0 Å². The molecule has 0 saturated heterocycles. The molecule has 5 nitrogen and oxygen atoms in total. The maximum absolute atomic E-state index is 11.7. The highest BCUT2D eigenvalue weighted by molar-refractivity contribution is 7.17. The number of rotatable bonds is 7. The molecule has 1 amide bonds. The van der Waals surface area contributed by atoms with Gasteiger partial charge in [0.1, 0.15) is 34.1 Å². The minimum atomic E-state index is -0.184. The zero-order valence-corrected chi connectivity index (χ0v) is 17.6. The Hall–Kier alpha value is -3.69. The van der Waals surface area contributed by atoms with Gasteiger partial charge in [-0.15, -0.1) is 0 Å². The van der Waals surface area contributed by atoms with Crippen LogP contribution in [0.15, 0.2) is 61.2 Å². The lowest BCUT2D eigenvalue weighted by molar-refractivity contribution is -0.114. The van der Waals surface area contributed by atoms with Crippen LogP contribution in [0.1, 0.15) is 23.1 Å². The number of hydrogen-bond acceptors (Lipinski definition) is 5. The number of aryl methyl sites for hydroxylation is 1. The van der Waals surface area contributed by atoms with Crippen molar-refractivity contribution in [3.8, 4) is 23.1 Å². The number of allylic oxidation sites excluding steroid dienone is 1. The fourth-order valence-electron chi connectivity index (χ4n) is 2.71. The normalized spacial score (nSPS) is 10.9. The quantitative estimate of drug-likeness (QED) is 0.396. The third-order valence-corrected chi connectivity index (χ3v) is 5.16. The van der Waals surface area contributed by atoms with Gasteiger partial charge in [-0.3, -0.25) is 4.79 Å². The maximum atomic E-state index is 11.7. The Morgan fingerprint density at radius 1 is 1.23 bits per heavy atom. The van der Waals surface area contributed by atoms with E-state index >= 15 is 0 Å². The number of carbonyl (C=O) groups excluding carboxylic acids is 1. The Balaban J connectivity index is 1.97. The number of thiazole rings is 1. The van der Waals surface area contributed by atoms with Gasteiger partial charge in [0.2, 0.25) is 5.91 Å². The van der Waals surface area contributed by atoms with E-state index in [0.29, 0.717) is 27.9 Å². The number of carbonyl (C=O) groups is 1. The van der Waals surface area contributed by atoms with Crippen LogP contribution in [-0.4, -0.2) is 17.5 Å². The number of hydrogen-bond donors (Lipinski definition) is 1. The van der Waals surface area contributed by atoms with Gasteiger partial charge >= 0.3 is 0 Å². The maximum Gasteiger partial charge on any atom is 0.221 e. The van der Waals surface area contributed by atoms with Crippen LogP contribution in [-0.2, 0) is 4.79 Å². The molecule has 0 atom stereocenters. The van der Waals surface area contributed by atoms with Crippen molar-refractivity contribution in [3.05, 3.63) is 77.3 Å². The average molecular weight is 416 g/mol. The molecule has 3 rings (SSSR count). The Morgan fingerprint density at radius 2 is 1.93 bits per heavy atom. The zero-order valence-electron chi connectivity index (χ0n) is 16.8. The molecule has 6 heteroatoms. The molecule has 0 bridgehead atoms. The summed E-state index contributed by atoms with van der Waals surface area (Å²) >= 11 is 1.28. The third-order valence-electron chi connectivity index (χ3n) is 4.15. The summed E-state index contributed by atoms with van der Waals surface area (Å²) in [6.07, 6.45) is 3.45. The fourth-order valence-corrected chi connectivity index (χ4v) is 3.71. The van der Waals surface area contributed by atoms with Crippen LogP contribution < -0.4 is 10.1 Å². The molecular weight excluding hydrogens is 394 g/mol. The minimum absolute atomic E-state index is 0.184. The van der Waals surface area contributed by atoms with Gasteiger partial charge in [-0.1, -0.05) is 66.0 Å². The Morgan fingerprint density at radius 3 is 2.53 bits per heavy atom. The highest BCUT2D eigenvalue weighted by Gasteiger charge is 2.17. The van der Waals surface area contributed by atoms with E-state index in [4.69, 9.17) is 4.74 Å². The molecule has 1 aromatic heterocycles. The van der Waals surface area contributed by atoms with E-state index in [2.05, 4.69) is 22.9 Å². The number of aromatic nitrogens is 1. The molecule has 0 saturated carbocycles. The van der Waals surface area contributed by atoms with Crippen LogP contribution in [0.3, 0.4) is 0 Å². The summed E-state index contributed by atoms with van der Waals surface area (Å²) in [6.45, 7) is 7.53. The predicted octanol–water partition coefficient (Wildman–Crippen LogP) is 5.71. The van der Waals surface area contributed by atoms with Crippen molar-refractivity contribution < 1.29 is 9.53 Å². The predicted molar refractivity (Wildman–Crippen MR) is 122 cm³/mol. The lowest BCUT2D eigenvalue weighted by atomic mass is 10.1. The number of benzene rings is 2. The Kier molecular flexibility index (Phi) is 6.79. The van der Waals surface area contributed by atoms with Crippen LogP contribution in [0.2, 0.25) is 0 Å². The first-order valence-electron chi connectivity index (χ1n) is 9.31. The van der Waals surface area contributed by atoms with Gasteiger partial charge in [0, 0.05) is 12.5 Å². The van der Waals surface area contributed by atoms with E-state index < -0.39 is 0 Å². The first-order valence-corrected chi connectivity index (χ1v) is 10.1. The largest absolute Gasteiger partial charge is 0.490 e. The molecule has 0 unspecified atom stereocenters. The second-order valence-electron chi connectivity index (χ2n) is 6.58. The highest BCUT2D eigenvalue weighted by Crippen LogP contribution is 2.36. The van der Waals surface area contributed by atoms with Crippen LogP contribution >= 0.6 is 11.3 Å². The van der Waals surface area contributed by atoms with E-state index in [1.807, 2.05) is 55.5 Å². The number of nitriles is 1. The molecule has 0 spiro atoms. The SMILES string of the molecule is C=CCOc1ccc(/C=C(\C#N)c2nc(-c3ccc(C)cc3)c(NC(C)=O)s2)cc1. The van der Waals surface area contributed by atoms with E-state index in [1.165, 1.54) is 18.3 Å². The van der Waals surface area contributed by atoms with Gasteiger partial charge in [0.05, 0.1) is 5.57 Å². The summed E-state index contributed by atoms with van der Waals surface area (Å²) in [5.74, 6) is 0.547.